The molecule has 4 nitrogen and oxygen atoms in total. The molecule has 2 aliphatic rings. The highest BCUT2D eigenvalue weighted by molar-refractivity contribution is 5.68. The van der Waals surface area contributed by atoms with Crippen LogP contribution in [0.3, 0.4) is 0 Å². The average molecular weight is 303 g/mol. The molecule has 0 radical (unpaired) electrons. The molecule has 0 aromatic heterocycles. The topological polar surface area (TPSA) is 49.8 Å². The zero-order valence-electron chi connectivity index (χ0n) is 13.6. The predicted octanol–water partition coefficient (Wildman–Crippen LogP) is 3.39. The quantitative estimate of drug-likeness (QED) is 0.799. The third-order valence-electron chi connectivity index (χ3n) is 4.85. The lowest BCUT2D eigenvalue weighted by atomic mass is 9.74. The van der Waals surface area contributed by atoms with Crippen molar-refractivity contribution < 1.29 is 14.6 Å². The molecule has 3 rings (SSSR count). The summed E-state index contributed by atoms with van der Waals surface area (Å²) in [6.45, 7) is 7.05. The van der Waals surface area contributed by atoms with Crippen LogP contribution in [0.25, 0.3) is 0 Å². The molecule has 22 heavy (non-hydrogen) atoms. The SMILES string of the molecule is CC(C)(C)OC(=O)N1CCC2(CC1)C[C@H](O)c1ccccc12. The van der Waals surface area contributed by atoms with E-state index in [-0.39, 0.29) is 17.6 Å². The van der Waals surface area contributed by atoms with Crippen molar-refractivity contribution >= 4 is 6.09 Å². The van der Waals surface area contributed by atoms with Gasteiger partial charge in [0, 0.05) is 18.5 Å². The van der Waals surface area contributed by atoms with Gasteiger partial charge >= 0.3 is 6.09 Å². The van der Waals surface area contributed by atoms with Crippen molar-refractivity contribution in [3.8, 4) is 0 Å². The Labute approximate surface area is 132 Å². The van der Waals surface area contributed by atoms with Gasteiger partial charge in [-0.3, -0.25) is 0 Å². The molecular weight excluding hydrogens is 278 g/mol. The molecule has 0 bridgehead atoms. The fourth-order valence-corrected chi connectivity index (χ4v) is 3.78. The summed E-state index contributed by atoms with van der Waals surface area (Å²) >= 11 is 0. The van der Waals surface area contributed by atoms with Crippen molar-refractivity contribution in [3.63, 3.8) is 0 Å². The molecule has 120 valence electrons. The number of carbonyl (C=O) groups excluding carboxylic acids is 1. The molecule has 1 fully saturated rings. The molecule has 1 N–H and O–H groups in total. The zero-order chi connectivity index (χ0) is 16.0. The Kier molecular flexibility index (Phi) is 3.68. The van der Waals surface area contributed by atoms with Gasteiger partial charge in [0.1, 0.15) is 5.60 Å². The first-order chi connectivity index (χ1) is 10.3. The molecule has 1 aliphatic heterocycles. The van der Waals surface area contributed by atoms with E-state index >= 15 is 0 Å². The third-order valence-corrected chi connectivity index (χ3v) is 4.85. The van der Waals surface area contributed by atoms with Crippen LogP contribution in [-0.2, 0) is 10.2 Å². The molecule has 0 unspecified atom stereocenters. The number of rotatable bonds is 0. The number of fused-ring (bicyclic) bond motifs is 2. The number of aliphatic hydroxyl groups excluding tert-OH is 1. The highest BCUT2D eigenvalue weighted by atomic mass is 16.6. The highest BCUT2D eigenvalue weighted by Gasteiger charge is 2.45. The minimum absolute atomic E-state index is 0.0223. The van der Waals surface area contributed by atoms with Crippen molar-refractivity contribution in [2.45, 2.75) is 57.2 Å². The number of aliphatic hydroxyl groups is 1. The van der Waals surface area contributed by atoms with E-state index in [1.54, 1.807) is 4.90 Å². The summed E-state index contributed by atoms with van der Waals surface area (Å²) in [6.07, 6.45) is 1.95. The number of hydrogen-bond acceptors (Lipinski definition) is 3. The molecular formula is C18H25NO3. The number of carbonyl (C=O) groups is 1. The largest absolute Gasteiger partial charge is 0.444 e. The molecule has 1 saturated heterocycles. The van der Waals surface area contributed by atoms with Gasteiger partial charge < -0.3 is 14.7 Å². The number of ether oxygens (including phenoxy) is 1. The van der Waals surface area contributed by atoms with Crippen molar-refractivity contribution in [2.75, 3.05) is 13.1 Å². The van der Waals surface area contributed by atoms with Crippen LogP contribution in [0.5, 0.6) is 0 Å². The lowest BCUT2D eigenvalue weighted by molar-refractivity contribution is 0.0147. The van der Waals surface area contributed by atoms with Crippen LogP contribution in [-0.4, -0.2) is 34.8 Å². The maximum atomic E-state index is 12.2. The number of amides is 1. The predicted molar refractivity (Wildman–Crippen MR) is 84.7 cm³/mol. The molecule has 1 spiro atoms. The van der Waals surface area contributed by atoms with Gasteiger partial charge in [-0.05, 0) is 51.2 Å². The number of nitrogens with zero attached hydrogens (tertiary/aromatic N) is 1. The summed E-state index contributed by atoms with van der Waals surface area (Å²) in [4.78, 5) is 14.0. The first-order valence-corrected chi connectivity index (χ1v) is 8.06. The van der Waals surface area contributed by atoms with Gasteiger partial charge in [-0.25, -0.2) is 4.79 Å². The monoisotopic (exact) mass is 303 g/mol. The Bertz CT molecular complexity index is 568. The summed E-state index contributed by atoms with van der Waals surface area (Å²) in [5, 5.41) is 10.3. The Morgan fingerprint density at radius 1 is 1.27 bits per heavy atom. The number of likely N-dealkylation sites (tertiary alicyclic amines) is 1. The lowest BCUT2D eigenvalue weighted by Gasteiger charge is -2.40. The summed E-state index contributed by atoms with van der Waals surface area (Å²) < 4.78 is 5.46. The Morgan fingerprint density at radius 3 is 2.55 bits per heavy atom. The average Bonchev–Trinajstić information content (AvgIpc) is 2.71. The molecule has 1 amide bonds. The maximum Gasteiger partial charge on any atom is 0.410 e. The van der Waals surface area contributed by atoms with Gasteiger partial charge in [-0.1, -0.05) is 24.3 Å². The maximum absolute atomic E-state index is 12.2. The van der Waals surface area contributed by atoms with E-state index in [0.717, 1.165) is 24.8 Å². The van der Waals surface area contributed by atoms with E-state index in [1.807, 2.05) is 39.0 Å². The van der Waals surface area contributed by atoms with E-state index in [0.29, 0.717) is 13.1 Å². The standard InChI is InChI=1S/C18H25NO3/c1-17(2,3)22-16(21)19-10-8-18(9-11-19)12-15(20)13-6-4-5-7-14(13)18/h4-7,15,20H,8-12H2,1-3H3/t15-/m0/s1. The van der Waals surface area contributed by atoms with E-state index in [1.165, 1.54) is 5.56 Å². The van der Waals surface area contributed by atoms with Crippen LogP contribution < -0.4 is 0 Å². The van der Waals surface area contributed by atoms with E-state index < -0.39 is 5.60 Å². The van der Waals surface area contributed by atoms with Crippen molar-refractivity contribution in [3.05, 3.63) is 35.4 Å². The van der Waals surface area contributed by atoms with Crippen LogP contribution in [0.15, 0.2) is 24.3 Å². The zero-order valence-corrected chi connectivity index (χ0v) is 13.6. The summed E-state index contributed by atoms with van der Waals surface area (Å²) in [5.74, 6) is 0. The van der Waals surface area contributed by atoms with Crippen LogP contribution in [0, 0.1) is 0 Å². The van der Waals surface area contributed by atoms with Crippen molar-refractivity contribution in [1.29, 1.82) is 0 Å². The van der Waals surface area contributed by atoms with Gasteiger partial charge in [-0.15, -0.1) is 0 Å². The van der Waals surface area contributed by atoms with Gasteiger partial charge in [0.05, 0.1) is 6.10 Å². The minimum atomic E-state index is -0.456. The number of hydrogen-bond donors (Lipinski definition) is 1. The summed E-state index contributed by atoms with van der Waals surface area (Å²) in [7, 11) is 0. The number of piperidine rings is 1. The molecule has 1 heterocycles. The first-order valence-electron chi connectivity index (χ1n) is 8.06. The first kappa shape index (κ1) is 15.3. The second kappa shape index (κ2) is 5.27. The van der Waals surface area contributed by atoms with Gasteiger partial charge in [0.25, 0.3) is 0 Å². The highest BCUT2D eigenvalue weighted by Crippen LogP contribution is 2.50. The van der Waals surface area contributed by atoms with Crippen molar-refractivity contribution in [2.24, 2.45) is 0 Å². The fourth-order valence-electron chi connectivity index (χ4n) is 3.78. The van der Waals surface area contributed by atoms with Crippen molar-refractivity contribution in [1.82, 2.24) is 4.90 Å². The van der Waals surface area contributed by atoms with E-state index in [9.17, 15) is 9.90 Å². The van der Waals surface area contributed by atoms with Crippen LogP contribution in [0.2, 0.25) is 0 Å². The lowest BCUT2D eigenvalue weighted by Crippen LogP contribution is -2.46. The second-order valence-corrected chi connectivity index (χ2v) is 7.55. The molecule has 0 saturated carbocycles. The Morgan fingerprint density at radius 2 is 1.91 bits per heavy atom. The summed E-state index contributed by atoms with van der Waals surface area (Å²) in [6, 6.07) is 8.18. The molecule has 4 heteroatoms. The minimum Gasteiger partial charge on any atom is -0.444 e. The normalized spacial score (nSPS) is 23.5. The van der Waals surface area contributed by atoms with Gasteiger partial charge in [-0.2, -0.15) is 0 Å². The smallest absolute Gasteiger partial charge is 0.410 e. The van der Waals surface area contributed by atoms with Crippen LogP contribution >= 0.6 is 0 Å². The van der Waals surface area contributed by atoms with Gasteiger partial charge in [0.15, 0.2) is 0 Å². The Hall–Kier alpha value is -1.55. The third kappa shape index (κ3) is 2.72. The van der Waals surface area contributed by atoms with Gasteiger partial charge in [0.2, 0.25) is 0 Å². The molecule has 1 atom stereocenters. The molecule has 1 aliphatic carbocycles. The van der Waals surface area contributed by atoms with E-state index in [2.05, 4.69) is 6.07 Å². The van der Waals surface area contributed by atoms with E-state index in [4.69, 9.17) is 4.74 Å². The fraction of sp³-hybridized carbons (Fsp3) is 0.611. The molecule has 1 aromatic carbocycles. The van der Waals surface area contributed by atoms with Crippen LogP contribution in [0.4, 0.5) is 4.79 Å². The Balaban J connectivity index is 1.71. The molecule has 1 aromatic rings. The summed E-state index contributed by atoms with van der Waals surface area (Å²) in [5.41, 5.74) is 1.90. The number of benzene rings is 1. The van der Waals surface area contributed by atoms with Crippen LogP contribution in [0.1, 0.15) is 57.3 Å². The second-order valence-electron chi connectivity index (χ2n) is 7.55.